The monoisotopic (exact) mass is 172 g/mol. The van der Waals surface area contributed by atoms with Gasteiger partial charge in [-0.3, -0.25) is 0 Å². The van der Waals surface area contributed by atoms with Gasteiger partial charge >= 0.3 is 0 Å². The summed E-state index contributed by atoms with van der Waals surface area (Å²) in [6.45, 7) is 7.33. The lowest BCUT2D eigenvalue weighted by atomic mass is 9.79. The van der Waals surface area contributed by atoms with Crippen LogP contribution in [0.15, 0.2) is 0 Å². The van der Waals surface area contributed by atoms with Crippen LogP contribution in [0.5, 0.6) is 0 Å². The van der Waals surface area contributed by atoms with Crippen molar-refractivity contribution < 1.29 is 0 Å². The fourth-order valence-electron chi connectivity index (χ4n) is 1.91. The fraction of sp³-hybridized carbons (Fsp3) is 1.00. The van der Waals surface area contributed by atoms with Crippen molar-refractivity contribution in [2.75, 3.05) is 6.54 Å². The largest absolute Gasteiger partial charge is 0.330 e. The predicted molar refractivity (Wildman–Crippen MR) is 55.0 cm³/mol. The van der Waals surface area contributed by atoms with E-state index in [0.29, 0.717) is 5.92 Å². The molecule has 0 rings (SSSR count). The second-order valence-electron chi connectivity index (χ2n) is 3.91. The zero-order chi connectivity index (χ0) is 9.61. The molecule has 0 aromatic carbocycles. The summed E-state index contributed by atoms with van der Waals surface area (Å²) in [6.07, 6.45) is 4.45. The molecule has 0 radical (unpaired) electrons. The van der Waals surface area contributed by atoms with Gasteiger partial charge in [-0.1, -0.05) is 26.7 Å². The number of rotatable bonds is 6. The molecular weight excluding hydrogens is 148 g/mol. The van der Waals surface area contributed by atoms with Crippen LogP contribution in [-0.4, -0.2) is 12.1 Å². The zero-order valence-corrected chi connectivity index (χ0v) is 8.77. The first-order valence-electron chi connectivity index (χ1n) is 5.07. The molecule has 4 N–H and O–H groups in total. The second-order valence-corrected chi connectivity index (χ2v) is 3.91. The molecule has 0 spiro atoms. The number of hydrogen-bond donors (Lipinski definition) is 2. The highest BCUT2D eigenvalue weighted by molar-refractivity contribution is 4.85. The van der Waals surface area contributed by atoms with E-state index < -0.39 is 0 Å². The van der Waals surface area contributed by atoms with E-state index in [4.69, 9.17) is 11.5 Å². The molecule has 1 unspecified atom stereocenters. The van der Waals surface area contributed by atoms with E-state index in [1.807, 2.05) is 0 Å². The molecule has 2 nitrogen and oxygen atoms in total. The van der Waals surface area contributed by atoms with Crippen molar-refractivity contribution >= 4 is 0 Å². The highest BCUT2D eigenvalue weighted by Gasteiger charge is 2.26. The summed E-state index contributed by atoms with van der Waals surface area (Å²) in [5, 5.41) is 0. The molecule has 2 heteroatoms. The van der Waals surface area contributed by atoms with Gasteiger partial charge in [-0.05, 0) is 32.2 Å². The Bertz CT molecular complexity index is 106. The Morgan fingerprint density at radius 1 is 1.25 bits per heavy atom. The summed E-state index contributed by atoms with van der Waals surface area (Å²) in [7, 11) is 0. The average Bonchev–Trinajstić information content (AvgIpc) is 2.03. The highest BCUT2D eigenvalue weighted by Crippen LogP contribution is 2.25. The number of nitrogens with two attached hydrogens (primary N) is 2. The first kappa shape index (κ1) is 11.9. The number of hydrogen-bond acceptors (Lipinski definition) is 2. The van der Waals surface area contributed by atoms with Crippen molar-refractivity contribution in [1.29, 1.82) is 0 Å². The Balaban J connectivity index is 3.96. The molecule has 0 aromatic rings. The Kier molecular flexibility index (Phi) is 5.51. The fourth-order valence-corrected chi connectivity index (χ4v) is 1.91. The van der Waals surface area contributed by atoms with Crippen molar-refractivity contribution in [3.63, 3.8) is 0 Å². The van der Waals surface area contributed by atoms with E-state index in [1.54, 1.807) is 0 Å². The second kappa shape index (κ2) is 5.55. The molecule has 0 heterocycles. The standard InChI is InChI=1S/C10H24N2/c1-4-9(5-2)10(3,12)7-6-8-11/h9H,4-8,11-12H2,1-3H3. The van der Waals surface area contributed by atoms with E-state index in [0.717, 1.165) is 19.4 Å². The molecule has 0 aliphatic carbocycles. The van der Waals surface area contributed by atoms with Gasteiger partial charge < -0.3 is 11.5 Å². The SMILES string of the molecule is CCC(CC)C(C)(N)CCCN. The quantitative estimate of drug-likeness (QED) is 0.642. The summed E-state index contributed by atoms with van der Waals surface area (Å²) in [5.41, 5.74) is 11.7. The van der Waals surface area contributed by atoms with Crippen molar-refractivity contribution in [3.8, 4) is 0 Å². The van der Waals surface area contributed by atoms with Crippen LogP contribution >= 0.6 is 0 Å². The molecule has 0 saturated carbocycles. The maximum absolute atomic E-state index is 6.21. The van der Waals surface area contributed by atoms with Crippen molar-refractivity contribution in [1.82, 2.24) is 0 Å². The van der Waals surface area contributed by atoms with Crippen LogP contribution in [0.2, 0.25) is 0 Å². The van der Waals surface area contributed by atoms with Crippen LogP contribution in [0.1, 0.15) is 46.5 Å². The van der Waals surface area contributed by atoms with Crippen molar-refractivity contribution in [3.05, 3.63) is 0 Å². The molecule has 0 aliphatic rings. The third kappa shape index (κ3) is 3.55. The summed E-state index contributed by atoms with van der Waals surface area (Å²) in [5.74, 6) is 0.643. The van der Waals surface area contributed by atoms with Crippen LogP contribution in [0, 0.1) is 5.92 Å². The van der Waals surface area contributed by atoms with Crippen LogP contribution in [-0.2, 0) is 0 Å². The van der Waals surface area contributed by atoms with Gasteiger partial charge in [-0.25, -0.2) is 0 Å². The van der Waals surface area contributed by atoms with E-state index in [2.05, 4.69) is 20.8 Å². The Morgan fingerprint density at radius 2 is 1.75 bits per heavy atom. The topological polar surface area (TPSA) is 52.0 Å². The van der Waals surface area contributed by atoms with Crippen LogP contribution in [0.25, 0.3) is 0 Å². The molecule has 0 bridgehead atoms. The summed E-state index contributed by atoms with van der Waals surface area (Å²) >= 11 is 0. The molecular formula is C10H24N2. The molecule has 0 amide bonds. The van der Waals surface area contributed by atoms with E-state index in [9.17, 15) is 0 Å². The van der Waals surface area contributed by atoms with Crippen LogP contribution < -0.4 is 11.5 Å². The molecule has 0 aliphatic heterocycles. The van der Waals surface area contributed by atoms with Gasteiger partial charge in [-0.2, -0.15) is 0 Å². The summed E-state index contributed by atoms with van der Waals surface area (Å²) in [6, 6.07) is 0. The third-order valence-electron chi connectivity index (χ3n) is 2.84. The molecule has 0 fully saturated rings. The summed E-state index contributed by atoms with van der Waals surface area (Å²) < 4.78 is 0. The predicted octanol–water partition coefficient (Wildman–Crippen LogP) is 1.88. The normalized spacial score (nSPS) is 16.5. The third-order valence-corrected chi connectivity index (χ3v) is 2.84. The van der Waals surface area contributed by atoms with Gasteiger partial charge in [0.25, 0.3) is 0 Å². The Hall–Kier alpha value is -0.0800. The van der Waals surface area contributed by atoms with E-state index >= 15 is 0 Å². The zero-order valence-electron chi connectivity index (χ0n) is 8.77. The maximum atomic E-state index is 6.21. The summed E-state index contributed by atoms with van der Waals surface area (Å²) in [4.78, 5) is 0. The minimum Gasteiger partial charge on any atom is -0.330 e. The molecule has 0 saturated heterocycles. The minimum absolute atomic E-state index is 0.0110. The molecule has 0 aromatic heterocycles. The molecule has 1 atom stereocenters. The molecule has 12 heavy (non-hydrogen) atoms. The first-order chi connectivity index (χ1) is 5.58. The lowest BCUT2D eigenvalue weighted by Crippen LogP contribution is -2.44. The smallest absolute Gasteiger partial charge is 0.0154 e. The maximum Gasteiger partial charge on any atom is 0.0154 e. The Morgan fingerprint density at radius 3 is 2.08 bits per heavy atom. The molecule has 74 valence electrons. The van der Waals surface area contributed by atoms with Gasteiger partial charge in [0.05, 0.1) is 0 Å². The van der Waals surface area contributed by atoms with Crippen LogP contribution in [0.3, 0.4) is 0 Å². The van der Waals surface area contributed by atoms with E-state index in [-0.39, 0.29) is 5.54 Å². The minimum atomic E-state index is -0.0110. The van der Waals surface area contributed by atoms with Gasteiger partial charge in [0.15, 0.2) is 0 Å². The van der Waals surface area contributed by atoms with Crippen molar-refractivity contribution in [2.24, 2.45) is 17.4 Å². The van der Waals surface area contributed by atoms with Crippen molar-refractivity contribution in [2.45, 2.75) is 52.0 Å². The highest BCUT2D eigenvalue weighted by atomic mass is 14.7. The lowest BCUT2D eigenvalue weighted by molar-refractivity contribution is 0.257. The van der Waals surface area contributed by atoms with Gasteiger partial charge in [-0.15, -0.1) is 0 Å². The van der Waals surface area contributed by atoms with Gasteiger partial charge in [0, 0.05) is 5.54 Å². The first-order valence-corrected chi connectivity index (χ1v) is 5.07. The lowest BCUT2D eigenvalue weighted by Gasteiger charge is -2.33. The average molecular weight is 172 g/mol. The van der Waals surface area contributed by atoms with Crippen LogP contribution in [0.4, 0.5) is 0 Å². The van der Waals surface area contributed by atoms with E-state index in [1.165, 1.54) is 12.8 Å². The van der Waals surface area contributed by atoms with Gasteiger partial charge in [0.2, 0.25) is 0 Å². The Labute approximate surface area is 76.7 Å². The van der Waals surface area contributed by atoms with Gasteiger partial charge in [0.1, 0.15) is 0 Å².